The Hall–Kier alpha value is -1.55. The van der Waals surface area contributed by atoms with Gasteiger partial charge in [-0.15, -0.1) is 0 Å². The first-order valence-electron chi connectivity index (χ1n) is 5.88. The summed E-state index contributed by atoms with van der Waals surface area (Å²) in [7, 11) is 0. The number of alkyl halides is 1. The molecule has 1 amide bonds. The highest BCUT2D eigenvalue weighted by Crippen LogP contribution is 2.33. The summed E-state index contributed by atoms with van der Waals surface area (Å²) in [6.45, 7) is 0.715. The van der Waals surface area contributed by atoms with E-state index < -0.39 is 0 Å². The highest BCUT2D eigenvalue weighted by Gasteiger charge is 2.29. The average molecular weight is 305 g/mol. The van der Waals surface area contributed by atoms with Crippen LogP contribution in [0.3, 0.4) is 0 Å². The van der Waals surface area contributed by atoms with Crippen molar-refractivity contribution in [1.82, 2.24) is 0 Å². The molecule has 2 aromatic rings. The molecule has 1 aliphatic rings. The van der Waals surface area contributed by atoms with Gasteiger partial charge < -0.3 is 10.6 Å². The van der Waals surface area contributed by atoms with Crippen LogP contribution in [-0.4, -0.2) is 17.3 Å². The lowest BCUT2D eigenvalue weighted by Gasteiger charge is -2.18. The fourth-order valence-corrected chi connectivity index (χ4v) is 3.02. The van der Waals surface area contributed by atoms with Crippen LogP contribution in [0.15, 0.2) is 36.4 Å². The fourth-order valence-electron chi connectivity index (χ4n) is 2.45. The van der Waals surface area contributed by atoms with Crippen LogP contribution < -0.4 is 10.6 Å². The second kappa shape index (κ2) is 4.28. The van der Waals surface area contributed by atoms with E-state index in [4.69, 9.17) is 5.73 Å². The van der Waals surface area contributed by atoms with Crippen LogP contribution in [0.25, 0.3) is 10.8 Å². The van der Waals surface area contributed by atoms with Crippen molar-refractivity contribution in [3.05, 3.63) is 36.4 Å². The van der Waals surface area contributed by atoms with E-state index in [0.29, 0.717) is 13.0 Å². The highest BCUT2D eigenvalue weighted by molar-refractivity contribution is 9.09. The normalized spacial score (nSPS) is 19.7. The van der Waals surface area contributed by atoms with Gasteiger partial charge in [0.1, 0.15) is 0 Å². The number of amides is 1. The van der Waals surface area contributed by atoms with Gasteiger partial charge in [0.15, 0.2) is 0 Å². The first kappa shape index (κ1) is 11.5. The summed E-state index contributed by atoms with van der Waals surface area (Å²) in [5.74, 6) is 0.159. The summed E-state index contributed by atoms with van der Waals surface area (Å²) in [6.07, 6.45) is 0.554. The summed E-state index contributed by atoms with van der Waals surface area (Å²) in [4.78, 5) is 14.1. The number of rotatable bonds is 1. The van der Waals surface area contributed by atoms with E-state index in [9.17, 15) is 4.79 Å². The van der Waals surface area contributed by atoms with Crippen molar-refractivity contribution in [2.24, 2.45) is 0 Å². The SMILES string of the molecule is Nc1cccc2c(N3CC(Br)CC3=O)cccc12. The van der Waals surface area contributed by atoms with Crippen molar-refractivity contribution < 1.29 is 4.79 Å². The molecule has 1 saturated heterocycles. The van der Waals surface area contributed by atoms with Gasteiger partial charge in [0.05, 0.1) is 5.69 Å². The molecule has 0 radical (unpaired) electrons. The maximum absolute atomic E-state index is 12.0. The van der Waals surface area contributed by atoms with Gasteiger partial charge in [-0.3, -0.25) is 4.79 Å². The number of benzene rings is 2. The molecular formula is C14H13BrN2O. The number of nitrogen functional groups attached to an aromatic ring is 1. The zero-order valence-corrected chi connectivity index (χ0v) is 11.4. The van der Waals surface area contributed by atoms with Crippen molar-refractivity contribution in [1.29, 1.82) is 0 Å². The van der Waals surface area contributed by atoms with Gasteiger partial charge >= 0.3 is 0 Å². The maximum atomic E-state index is 12.0. The minimum Gasteiger partial charge on any atom is -0.398 e. The van der Waals surface area contributed by atoms with Gasteiger partial charge in [0.2, 0.25) is 5.91 Å². The van der Waals surface area contributed by atoms with E-state index in [1.807, 2.05) is 41.3 Å². The molecule has 18 heavy (non-hydrogen) atoms. The Morgan fingerprint density at radius 1 is 1.17 bits per heavy atom. The molecule has 1 fully saturated rings. The van der Waals surface area contributed by atoms with E-state index in [2.05, 4.69) is 15.9 Å². The van der Waals surface area contributed by atoms with Crippen molar-refractivity contribution >= 4 is 44.0 Å². The third-order valence-corrected chi connectivity index (χ3v) is 3.91. The number of carbonyl (C=O) groups excluding carboxylic acids is 1. The summed E-state index contributed by atoms with van der Waals surface area (Å²) < 4.78 is 0. The van der Waals surface area contributed by atoms with Gasteiger partial charge in [-0.05, 0) is 12.1 Å². The fraction of sp³-hybridized carbons (Fsp3) is 0.214. The van der Waals surface area contributed by atoms with Gasteiger partial charge in [0, 0.05) is 34.3 Å². The molecule has 3 rings (SSSR count). The minimum absolute atomic E-state index is 0.159. The van der Waals surface area contributed by atoms with Gasteiger partial charge in [0.25, 0.3) is 0 Å². The molecule has 1 unspecified atom stereocenters. The van der Waals surface area contributed by atoms with Crippen LogP contribution in [0.1, 0.15) is 6.42 Å². The largest absolute Gasteiger partial charge is 0.398 e. The number of nitrogens with zero attached hydrogens (tertiary/aromatic N) is 1. The van der Waals surface area contributed by atoms with E-state index in [1.165, 1.54) is 0 Å². The molecule has 2 N–H and O–H groups in total. The predicted octanol–water partition coefficient (Wildman–Crippen LogP) is 2.92. The number of hydrogen-bond acceptors (Lipinski definition) is 2. The second-order valence-corrected chi connectivity index (χ2v) is 5.82. The second-order valence-electron chi connectivity index (χ2n) is 4.53. The molecule has 92 valence electrons. The van der Waals surface area contributed by atoms with Crippen LogP contribution in [-0.2, 0) is 4.79 Å². The average Bonchev–Trinajstić information content (AvgIpc) is 2.68. The van der Waals surface area contributed by atoms with Crippen LogP contribution in [0.4, 0.5) is 11.4 Å². The number of anilines is 2. The van der Waals surface area contributed by atoms with Crippen LogP contribution in [0.5, 0.6) is 0 Å². The molecule has 2 aromatic carbocycles. The van der Waals surface area contributed by atoms with E-state index in [-0.39, 0.29) is 10.7 Å². The first-order chi connectivity index (χ1) is 8.66. The van der Waals surface area contributed by atoms with Crippen LogP contribution in [0, 0.1) is 0 Å². The zero-order chi connectivity index (χ0) is 12.7. The van der Waals surface area contributed by atoms with Crippen molar-refractivity contribution in [2.45, 2.75) is 11.2 Å². The smallest absolute Gasteiger partial charge is 0.228 e. The summed E-state index contributed by atoms with van der Waals surface area (Å²) >= 11 is 3.51. The lowest BCUT2D eigenvalue weighted by atomic mass is 10.1. The number of nitrogens with two attached hydrogens (primary N) is 1. The van der Waals surface area contributed by atoms with Crippen molar-refractivity contribution in [3.8, 4) is 0 Å². The van der Waals surface area contributed by atoms with E-state index >= 15 is 0 Å². The first-order valence-corrected chi connectivity index (χ1v) is 6.80. The van der Waals surface area contributed by atoms with Crippen molar-refractivity contribution in [2.75, 3.05) is 17.2 Å². The molecule has 4 heteroatoms. The Morgan fingerprint density at radius 3 is 2.61 bits per heavy atom. The minimum atomic E-state index is 0.159. The number of halogens is 1. The van der Waals surface area contributed by atoms with E-state index in [1.54, 1.807) is 0 Å². The van der Waals surface area contributed by atoms with Gasteiger partial charge in [-0.1, -0.05) is 40.2 Å². The highest BCUT2D eigenvalue weighted by atomic mass is 79.9. The molecule has 0 aromatic heterocycles. The topological polar surface area (TPSA) is 46.3 Å². The molecule has 1 heterocycles. The number of fused-ring (bicyclic) bond motifs is 1. The quantitative estimate of drug-likeness (QED) is 0.650. The van der Waals surface area contributed by atoms with Crippen LogP contribution in [0.2, 0.25) is 0 Å². The summed E-state index contributed by atoms with van der Waals surface area (Å²) in [6, 6.07) is 11.7. The Morgan fingerprint density at radius 2 is 1.89 bits per heavy atom. The molecule has 1 atom stereocenters. The predicted molar refractivity (Wildman–Crippen MR) is 78.0 cm³/mol. The third-order valence-electron chi connectivity index (χ3n) is 3.30. The molecule has 1 aliphatic heterocycles. The Labute approximate surface area is 114 Å². The maximum Gasteiger partial charge on any atom is 0.228 e. The molecule has 0 saturated carbocycles. The lowest BCUT2D eigenvalue weighted by molar-refractivity contribution is -0.117. The molecule has 0 aliphatic carbocycles. The lowest BCUT2D eigenvalue weighted by Crippen LogP contribution is -2.24. The molecule has 0 bridgehead atoms. The standard InChI is InChI=1S/C14H13BrN2O/c15-9-7-14(18)17(8-9)13-6-2-3-10-11(13)4-1-5-12(10)16/h1-6,9H,7-8,16H2. The van der Waals surface area contributed by atoms with Crippen LogP contribution >= 0.6 is 15.9 Å². The monoisotopic (exact) mass is 304 g/mol. The summed E-state index contributed by atoms with van der Waals surface area (Å²) in [5, 5.41) is 2.04. The van der Waals surface area contributed by atoms with Gasteiger partial charge in [-0.2, -0.15) is 0 Å². The Bertz CT molecular complexity index is 626. The van der Waals surface area contributed by atoms with Crippen molar-refractivity contribution in [3.63, 3.8) is 0 Å². The van der Waals surface area contributed by atoms with E-state index in [0.717, 1.165) is 22.1 Å². The third kappa shape index (κ3) is 1.77. The zero-order valence-electron chi connectivity index (χ0n) is 9.77. The molecule has 3 nitrogen and oxygen atoms in total. The Balaban J connectivity index is 2.18. The van der Waals surface area contributed by atoms with Gasteiger partial charge in [-0.25, -0.2) is 0 Å². The molecular weight excluding hydrogens is 292 g/mol. The summed E-state index contributed by atoms with van der Waals surface area (Å²) in [5.41, 5.74) is 7.67. The molecule has 0 spiro atoms. The number of carbonyl (C=O) groups is 1. The Kier molecular flexibility index (Phi) is 2.74. The number of hydrogen-bond donors (Lipinski definition) is 1.